The predicted molar refractivity (Wildman–Crippen MR) is 220 cm³/mol. The third kappa shape index (κ3) is 18.4. The molecule has 0 saturated heterocycles. The van der Waals surface area contributed by atoms with Crippen LogP contribution in [0.1, 0.15) is 66.2 Å². The summed E-state index contributed by atoms with van der Waals surface area (Å²) in [6.07, 6.45) is 10.7. The molecule has 1 aliphatic carbocycles. The number of amides is 3. The molecular weight excluding hydrogens is 764 g/mol. The highest BCUT2D eigenvalue weighted by atomic mass is 16.6. The Kier molecular flexibility index (Phi) is 23.9. The lowest BCUT2D eigenvalue weighted by atomic mass is 9.85. The maximum Gasteiger partial charge on any atom is 0.405 e. The van der Waals surface area contributed by atoms with Crippen LogP contribution in [0.25, 0.3) is 0 Å². The van der Waals surface area contributed by atoms with Crippen molar-refractivity contribution in [3.63, 3.8) is 0 Å². The lowest BCUT2D eigenvalue weighted by Gasteiger charge is -2.30. The van der Waals surface area contributed by atoms with Gasteiger partial charge in [-0.2, -0.15) is 0 Å². The number of nitrogens with two attached hydrogens (primary N) is 1. The lowest BCUT2D eigenvalue weighted by Crippen LogP contribution is -2.38. The zero-order chi connectivity index (χ0) is 43.7. The van der Waals surface area contributed by atoms with Gasteiger partial charge < -0.3 is 55.2 Å². The number of carbonyl (C=O) groups excluding carboxylic acids is 5. The Morgan fingerprint density at radius 1 is 0.983 bits per heavy atom. The van der Waals surface area contributed by atoms with E-state index in [4.69, 9.17) is 40.6 Å². The average Bonchev–Trinajstić information content (AvgIpc) is 3.20. The summed E-state index contributed by atoms with van der Waals surface area (Å²) in [5.74, 6) is 0.0772. The van der Waals surface area contributed by atoms with Crippen LogP contribution in [0.4, 0.5) is 4.79 Å². The van der Waals surface area contributed by atoms with Crippen molar-refractivity contribution >= 4 is 29.5 Å². The summed E-state index contributed by atoms with van der Waals surface area (Å²) in [6, 6.07) is 0. The Morgan fingerprint density at radius 3 is 2.24 bits per heavy atom. The topological polar surface area (TPSA) is 223 Å². The van der Waals surface area contributed by atoms with Crippen molar-refractivity contribution < 1.29 is 57.5 Å². The number of allylic oxidation sites excluding steroid dienone is 4. The number of fused-ring (bicyclic) bond motifs is 2. The predicted octanol–water partition coefficient (Wildman–Crippen LogP) is 2.71. The van der Waals surface area contributed by atoms with Crippen LogP contribution in [0.5, 0.6) is 0 Å². The Hall–Kier alpha value is -4.63. The molecule has 16 heteroatoms. The summed E-state index contributed by atoms with van der Waals surface area (Å²) in [5, 5.41) is 19.9. The van der Waals surface area contributed by atoms with E-state index in [-0.39, 0.29) is 40.8 Å². The fourth-order valence-electron chi connectivity index (χ4n) is 6.38. The van der Waals surface area contributed by atoms with Crippen LogP contribution in [-0.2, 0) is 47.6 Å². The van der Waals surface area contributed by atoms with Gasteiger partial charge in [0.1, 0.15) is 6.10 Å². The molecule has 0 spiro atoms. The van der Waals surface area contributed by atoms with E-state index in [2.05, 4.69) is 21.9 Å². The number of terminal acetylenes is 1. The second-order valence-electron chi connectivity index (χ2n) is 14.5. The molecule has 328 valence electrons. The minimum absolute atomic E-state index is 0.0687. The van der Waals surface area contributed by atoms with Crippen molar-refractivity contribution in [1.29, 1.82) is 0 Å². The molecule has 0 aromatic rings. The second kappa shape index (κ2) is 27.9. The van der Waals surface area contributed by atoms with Gasteiger partial charge in [0, 0.05) is 76.5 Å². The van der Waals surface area contributed by atoms with Crippen molar-refractivity contribution in [1.82, 2.24) is 16.0 Å². The first-order valence-electron chi connectivity index (χ1n) is 20.0. The third-order valence-corrected chi connectivity index (χ3v) is 9.59. The van der Waals surface area contributed by atoms with E-state index in [9.17, 15) is 29.1 Å². The highest BCUT2D eigenvalue weighted by Crippen LogP contribution is 2.29. The SMILES string of the molecule is C#CCCC(=O)NCCCOCCOCCOCCCNC1=C2C[C@H](C)C[C@@H](OC)[C@@H](O)[C@H](C)/C=C(\C)[C@@H](OC(N)=O)[C@H](OC)/C=C\C=C(/C)C(=O)NC(=CC1=O)C2=O. The van der Waals surface area contributed by atoms with Crippen LogP contribution in [0, 0.1) is 24.2 Å². The van der Waals surface area contributed by atoms with Gasteiger partial charge in [0.2, 0.25) is 17.5 Å². The zero-order valence-electron chi connectivity index (χ0n) is 35.3. The molecule has 0 aromatic heterocycles. The summed E-state index contributed by atoms with van der Waals surface area (Å²) in [6.45, 7) is 10.2. The van der Waals surface area contributed by atoms with E-state index in [0.29, 0.717) is 90.4 Å². The highest BCUT2D eigenvalue weighted by molar-refractivity contribution is 6.23. The number of hydrogen-bond donors (Lipinski definition) is 5. The van der Waals surface area contributed by atoms with E-state index in [1.807, 2.05) is 6.92 Å². The fraction of sp³-hybridized carbons (Fsp3) is 0.605. The number of hydrogen-bond acceptors (Lipinski definition) is 13. The summed E-state index contributed by atoms with van der Waals surface area (Å²) in [7, 11) is 2.91. The van der Waals surface area contributed by atoms with Crippen molar-refractivity contribution in [3.05, 3.63) is 58.5 Å². The highest BCUT2D eigenvalue weighted by Gasteiger charge is 2.33. The van der Waals surface area contributed by atoms with E-state index in [0.717, 1.165) is 6.08 Å². The van der Waals surface area contributed by atoms with Crippen LogP contribution in [0.3, 0.4) is 0 Å². The summed E-state index contributed by atoms with van der Waals surface area (Å²) < 4.78 is 33.4. The smallest absolute Gasteiger partial charge is 0.405 e. The van der Waals surface area contributed by atoms with E-state index in [1.54, 1.807) is 39.0 Å². The molecule has 0 unspecified atom stereocenters. The number of aliphatic hydroxyl groups excluding tert-OH is 1. The standard InChI is InChI=1S/C43H64N4O12/c1-8-9-15-37(49)45-16-11-18-56-20-22-58-23-21-57-19-12-17-46-38-32-24-28(2)25-36(55-7)39(50)30(4)26-31(5)41(59-43(44)53)35(54-6)14-10-13-29(3)42(52)47-33(40(32)51)27-34(38)48/h1,10,13-14,26-28,30,35-36,39,41,46,50H,9,11-12,15-25H2,2-7H3,(H2,44,53)(H,45,49)(H,47,52)/b14-10-,29-13+,31-26+/t28-,30+,35+,36+,39-,41+/m0/s1. The molecule has 0 saturated carbocycles. The van der Waals surface area contributed by atoms with Gasteiger partial charge in [0.25, 0.3) is 5.91 Å². The number of rotatable bonds is 20. The first-order valence-corrected chi connectivity index (χ1v) is 20.0. The summed E-state index contributed by atoms with van der Waals surface area (Å²) >= 11 is 0. The van der Waals surface area contributed by atoms with E-state index >= 15 is 0 Å². The number of ketones is 2. The quantitative estimate of drug-likeness (QED) is 0.0516. The van der Waals surface area contributed by atoms with Crippen molar-refractivity contribution in [2.45, 2.75) is 90.6 Å². The molecular formula is C43H64N4O12. The molecule has 59 heavy (non-hydrogen) atoms. The van der Waals surface area contributed by atoms with Crippen LogP contribution in [0.15, 0.2) is 58.5 Å². The van der Waals surface area contributed by atoms with Gasteiger partial charge >= 0.3 is 6.09 Å². The maximum atomic E-state index is 13.9. The molecule has 2 aliphatic rings. The monoisotopic (exact) mass is 828 g/mol. The minimum atomic E-state index is -1.01. The van der Waals surface area contributed by atoms with Gasteiger partial charge in [-0.3, -0.25) is 19.2 Å². The Bertz CT molecular complexity index is 1610. The van der Waals surface area contributed by atoms with Crippen LogP contribution in [-0.4, -0.2) is 126 Å². The molecule has 6 atom stereocenters. The molecule has 0 fully saturated rings. The van der Waals surface area contributed by atoms with Crippen molar-refractivity contribution in [2.24, 2.45) is 17.6 Å². The molecule has 1 aliphatic heterocycles. The molecule has 6 N–H and O–H groups in total. The van der Waals surface area contributed by atoms with E-state index < -0.39 is 53.9 Å². The fourth-order valence-corrected chi connectivity index (χ4v) is 6.38. The Balaban J connectivity index is 2.08. The van der Waals surface area contributed by atoms with Crippen molar-refractivity contribution in [3.8, 4) is 12.3 Å². The number of carbonyl (C=O) groups is 5. The number of aliphatic hydroxyl groups is 1. The maximum absolute atomic E-state index is 13.9. The molecule has 16 nitrogen and oxygen atoms in total. The molecule has 2 rings (SSSR count). The number of nitrogens with one attached hydrogen (secondary N) is 3. The third-order valence-electron chi connectivity index (χ3n) is 9.59. The number of methoxy groups -OCH3 is 2. The normalized spacial score (nSPS) is 25.7. The van der Waals surface area contributed by atoms with Gasteiger partial charge in [-0.05, 0) is 51.0 Å². The first-order chi connectivity index (χ1) is 28.2. The summed E-state index contributed by atoms with van der Waals surface area (Å²) in [5.41, 5.74) is 6.38. The number of primary amides is 1. The van der Waals surface area contributed by atoms with Crippen molar-refractivity contribution in [2.75, 3.05) is 67.0 Å². The second-order valence-corrected chi connectivity index (χ2v) is 14.5. The zero-order valence-corrected chi connectivity index (χ0v) is 35.3. The average molecular weight is 829 g/mol. The summed E-state index contributed by atoms with van der Waals surface area (Å²) in [4.78, 5) is 64.1. The van der Waals surface area contributed by atoms with Gasteiger partial charge in [-0.1, -0.05) is 38.2 Å². The van der Waals surface area contributed by atoms with Gasteiger partial charge in [-0.15, -0.1) is 12.3 Å². The lowest BCUT2D eigenvalue weighted by molar-refractivity contribution is -0.121. The van der Waals surface area contributed by atoms with Gasteiger partial charge in [0.05, 0.1) is 50.0 Å². The molecule has 3 amide bonds. The molecule has 1 heterocycles. The van der Waals surface area contributed by atoms with Crippen LogP contribution in [0.2, 0.25) is 0 Å². The van der Waals surface area contributed by atoms with Crippen LogP contribution < -0.4 is 21.7 Å². The molecule has 0 aromatic carbocycles. The number of Topliss-reactive ketones (excluding diaryl/α,β-unsaturated/α-hetero) is 1. The molecule has 0 radical (unpaired) electrons. The Morgan fingerprint density at radius 2 is 1.63 bits per heavy atom. The first kappa shape index (κ1) is 50.5. The minimum Gasteiger partial charge on any atom is -0.439 e. The van der Waals surface area contributed by atoms with Gasteiger partial charge in [0.15, 0.2) is 6.10 Å². The number of ether oxygens (including phenoxy) is 6. The van der Waals surface area contributed by atoms with Crippen LogP contribution >= 0.6 is 0 Å². The largest absolute Gasteiger partial charge is 0.439 e. The Labute approximate surface area is 348 Å². The van der Waals surface area contributed by atoms with Gasteiger partial charge in [-0.25, -0.2) is 4.79 Å². The van der Waals surface area contributed by atoms with E-state index in [1.165, 1.54) is 20.3 Å². The molecule has 2 bridgehead atoms.